The van der Waals surface area contributed by atoms with Crippen LogP contribution in [0, 0.1) is 34.9 Å². The van der Waals surface area contributed by atoms with Crippen LogP contribution in [0.1, 0.15) is 62.1 Å². The number of nitrogens with zero attached hydrogens (tertiary/aromatic N) is 4. The molecule has 0 spiro atoms. The van der Waals surface area contributed by atoms with E-state index in [-0.39, 0.29) is 35.4 Å². The van der Waals surface area contributed by atoms with Crippen LogP contribution in [0.3, 0.4) is 0 Å². The first-order valence-corrected chi connectivity index (χ1v) is 17.7. The summed E-state index contributed by atoms with van der Waals surface area (Å²) in [4.78, 5) is 31.3. The summed E-state index contributed by atoms with van der Waals surface area (Å²) in [5.41, 5.74) is 1.84. The van der Waals surface area contributed by atoms with Crippen LogP contribution in [0.5, 0.6) is 0 Å². The Balaban J connectivity index is 1.15. The summed E-state index contributed by atoms with van der Waals surface area (Å²) in [5, 5.41) is 24.3. The van der Waals surface area contributed by atoms with Crippen molar-refractivity contribution in [2.24, 2.45) is 17.8 Å². The van der Waals surface area contributed by atoms with Crippen molar-refractivity contribution < 1.29 is 28.2 Å². The Hall–Kier alpha value is -3.59. The number of benzene rings is 2. The van der Waals surface area contributed by atoms with Crippen molar-refractivity contribution in [3.63, 3.8) is 0 Å². The minimum Gasteiger partial charge on any atom is -0.469 e. The molecular formula is C38H49F2N5O4. The number of carbonyl (C=O) groups excluding carboxylic acids is 2. The molecule has 1 amide bonds. The highest BCUT2D eigenvalue weighted by molar-refractivity contribution is 5.73. The molecule has 0 bridgehead atoms. The number of nitrogens with one attached hydrogen (secondary N) is 1. The number of esters is 1. The van der Waals surface area contributed by atoms with Crippen LogP contribution in [0.25, 0.3) is 0 Å². The smallest absolute Gasteiger partial charge is 0.305 e. The summed E-state index contributed by atoms with van der Waals surface area (Å²) in [5.74, 6) is -0.434. The molecule has 3 saturated heterocycles. The standard InChI is InChI=1S/C38H49F2N5O4/c1-26(46)42-22-38(31-6-4-7-32(39)17-31,35-8-3-5-27(35)16-36(47)49-2)30-11-13-43(14-12-30)23-37(48)24-45(25-37)34-10-9-28(18-41)29(15-34)19-44-20-33(40)21-44/h4,6-7,9-10,15,17,27,30,33,35,48H,3,5,8,11-14,16,19-25H2,1-2H3,(H,42,46)/t27-,35+,38+/m1/s1. The molecule has 2 N–H and O–H groups in total. The molecule has 11 heteroatoms. The lowest BCUT2D eigenvalue weighted by atomic mass is 9.57. The number of ether oxygens (including phenoxy) is 1. The predicted octanol–water partition coefficient (Wildman–Crippen LogP) is 4.17. The van der Waals surface area contributed by atoms with Gasteiger partial charge in [-0.3, -0.25) is 14.5 Å². The molecule has 264 valence electrons. The monoisotopic (exact) mass is 677 g/mol. The number of piperidine rings is 1. The van der Waals surface area contributed by atoms with E-state index in [0.29, 0.717) is 57.8 Å². The van der Waals surface area contributed by atoms with Gasteiger partial charge in [0.15, 0.2) is 0 Å². The van der Waals surface area contributed by atoms with Gasteiger partial charge in [0.25, 0.3) is 0 Å². The molecule has 49 heavy (non-hydrogen) atoms. The zero-order valence-electron chi connectivity index (χ0n) is 28.7. The van der Waals surface area contributed by atoms with Crippen LogP contribution >= 0.6 is 0 Å². The highest BCUT2D eigenvalue weighted by Crippen LogP contribution is 2.53. The number of alkyl halides is 1. The second kappa shape index (κ2) is 14.7. The molecule has 1 aliphatic carbocycles. The van der Waals surface area contributed by atoms with Gasteiger partial charge in [-0.2, -0.15) is 5.26 Å². The molecule has 1 saturated carbocycles. The van der Waals surface area contributed by atoms with Crippen molar-refractivity contribution in [2.75, 3.05) is 64.4 Å². The summed E-state index contributed by atoms with van der Waals surface area (Å²) < 4.78 is 33.3. The van der Waals surface area contributed by atoms with Crippen molar-refractivity contribution in [1.29, 1.82) is 5.26 Å². The first-order chi connectivity index (χ1) is 23.5. The molecule has 2 aromatic carbocycles. The molecule has 9 nitrogen and oxygen atoms in total. The average molecular weight is 678 g/mol. The topological polar surface area (TPSA) is 109 Å². The fourth-order valence-electron chi connectivity index (χ4n) is 9.30. The van der Waals surface area contributed by atoms with Gasteiger partial charge >= 0.3 is 5.97 Å². The summed E-state index contributed by atoms with van der Waals surface area (Å²) in [6.07, 6.45) is 3.86. The molecule has 0 aromatic heterocycles. The predicted molar refractivity (Wildman–Crippen MR) is 182 cm³/mol. The quantitative estimate of drug-likeness (QED) is 0.323. The molecule has 0 radical (unpaired) electrons. The van der Waals surface area contributed by atoms with Crippen molar-refractivity contribution in [2.45, 2.75) is 69.2 Å². The van der Waals surface area contributed by atoms with E-state index in [1.165, 1.54) is 20.1 Å². The number of β-amino-alcohol motifs (C(OH)–C–C–N with tert-alkyl or cyclic N) is 1. The number of hydrogen-bond acceptors (Lipinski definition) is 8. The van der Waals surface area contributed by atoms with Crippen LogP contribution in [-0.2, 0) is 26.3 Å². The third-order valence-electron chi connectivity index (χ3n) is 11.7. The lowest BCUT2D eigenvalue weighted by molar-refractivity contribution is -0.142. The number of carbonyl (C=O) groups is 2. The summed E-state index contributed by atoms with van der Waals surface area (Å²) in [6.45, 7) is 6.18. The average Bonchev–Trinajstić information content (AvgIpc) is 3.52. The maximum absolute atomic E-state index is 14.9. The molecule has 0 unspecified atom stereocenters. The Morgan fingerprint density at radius 2 is 1.86 bits per heavy atom. The number of anilines is 1. The zero-order valence-corrected chi connectivity index (χ0v) is 28.7. The lowest BCUT2D eigenvalue weighted by Gasteiger charge is -2.53. The van der Waals surface area contributed by atoms with E-state index >= 15 is 0 Å². The minimum absolute atomic E-state index is 0.0676. The molecule has 2 aromatic rings. The normalized spacial score (nSPS) is 24.4. The Morgan fingerprint density at radius 3 is 2.51 bits per heavy atom. The van der Waals surface area contributed by atoms with E-state index in [0.717, 1.165) is 62.0 Å². The Kier molecular flexibility index (Phi) is 10.6. The largest absolute Gasteiger partial charge is 0.469 e. The van der Waals surface area contributed by atoms with E-state index in [4.69, 9.17) is 4.74 Å². The second-order valence-electron chi connectivity index (χ2n) is 14.9. The van der Waals surface area contributed by atoms with E-state index in [1.54, 1.807) is 12.1 Å². The summed E-state index contributed by atoms with van der Waals surface area (Å²) in [6, 6.07) is 14.8. The zero-order chi connectivity index (χ0) is 34.8. The van der Waals surface area contributed by atoms with E-state index in [1.807, 2.05) is 29.2 Å². The molecular weight excluding hydrogens is 628 g/mol. The number of amides is 1. The molecule has 4 aliphatic rings. The van der Waals surface area contributed by atoms with Crippen LogP contribution < -0.4 is 10.2 Å². The maximum Gasteiger partial charge on any atom is 0.305 e. The Bertz CT molecular complexity index is 1550. The van der Waals surface area contributed by atoms with Crippen molar-refractivity contribution in [1.82, 2.24) is 15.1 Å². The molecule has 3 heterocycles. The van der Waals surface area contributed by atoms with E-state index in [9.17, 15) is 28.7 Å². The SMILES string of the molecule is COC(=O)C[C@H]1CCC[C@@H]1[C@](CNC(C)=O)(c1cccc(F)c1)C1CCN(CC2(O)CN(c3ccc(C#N)c(CN4CC(F)C4)c3)C2)CC1. The Morgan fingerprint density at radius 1 is 1.10 bits per heavy atom. The number of aliphatic hydroxyl groups is 1. The van der Waals surface area contributed by atoms with Crippen LogP contribution in [0.4, 0.5) is 14.5 Å². The first kappa shape index (κ1) is 35.2. The van der Waals surface area contributed by atoms with Gasteiger partial charge in [-0.05, 0) is 98.0 Å². The van der Waals surface area contributed by atoms with E-state index < -0.39 is 17.2 Å². The summed E-state index contributed by atoms with van der Waals surface area (Å²) >= 11 is 0. The fourth-order valence-corrected chi connectivity index (χ4v) is 9.30. The second-order valence-corrected chi connectivity index (χ2v) is 14.9. The van der Waals surface area contributed by atoms with Gasteiger partial charge < -0.3 is 25.0 Å². The van der Waals surface area contributed by atoms with Crippen molar-refractivity contribution >= 4 is 17.6 Å². The third kappa shape index (κ3) is 7.62. The number of nitriles is 1. The fraction of sp³-hybridized carbons (Fsp3) is 0.605. The first-order valence-electron chi connectivity index (χ1n) is 17.7. The number of hydrogen-bond donors (Lipinski definition) is 2. The highest BCUT2D eigenvalue weighted by Gasteiger charge is 2.52. The Labute approximate surface area is 288 Å². The molecule has 3 aliphatic heterocycles. The van der Waals surface area contributed by atoms with Gasteiger partial charge in [-0.25, -0.2) is 8.78 Å². The van der Waals surface area contributed by atoms with Gasteiger partial charge in [-0.15, -0.1) is 0 Å². The minimum atomic E-state index is -0.882. The van der Waals surface area contributed by atoms with Gasteiger partial charge in [0.05, 0.1) is 18.7 Å². The summed E-state index contributed by atoms with van der Waals surface area (Å²) in [7, 11) is 1.41. The molecule has 4 fully saturated rings. The number of halogens is 2. The highest BCUT2D eigenvalue weighted by atomic mass is 19.1. The van der Waals surface area contributed by atoms with Gasteiger partial charge in [0.1, 0.15) is 17.6 Å². The maximum atomic E-state index is 14.9. The van der Waals surface area contributed by atoms with Crippen molar-refractivity contribution in [3.05, 3.63) is 65.0 Å². The van der Waals surface area contributed by atoms with Gasteiger partial charge in [0, 0.05) is 70.3 Å². The van der Waals surface area contributed by atoms with E-state index in [2.05, 4.69) is 21.2 Å². The number of rotatable bonds is 12. The van der Waals surface area contributed by atoms with Crippen LogP contribution in [0.15, 0.2) is 42.5 Å². The van der Waals surface area contributed by atoms with Crippen LogP contribution in [-0.4, -0.2) is 98.0 Å². The number of methoxy groups -OCH3 is 1. The molecule has 6 rings (SSSR count). The lowest BCUT2D eigenvalue weighted by Crippen LogP contribution is -2.67. The third-order valence-corrected chi connectivity index (χ3v) is 11.7. The van der Waals surface area contributed by atoms with Crippen molar-refractivity contribution in [3.8, 4) is 6.07 Å². The molecule has 3 atom stereocenters. The van der Waals surface area contributed by atoms with Crippen LogP contribution in [0.2, 0.25) is 0 Å². The van der Waals surface area contributed by atoms with Gasteiger partial charge in [-0.1, -0.05) is 18.6 Å². The van der Waals surface area contributed by atoms with Gasteiger partial charge in [0.2, 0.25) is 5.91 Å². The number of likely N-dealkylation sites (tertiary alicyclic amines) is 2.